The van der Waals surface area contributed by atoms with Gasteiger partial charge in [0, 0.05) is 24.9 Å². The monoisotopic (exact) mass is 657 g/mol. The van der Waals surface area contributed by atoms with Crippen molar-refractivity contribution in [2.75, 3.05) is 25.1 Å². The molecule has 3 aliphatic rings. The number of aliphatic hydroxyl groups is 3. The molecule has 1 aliphatic carbocycles. The number of carbonyl (C=O) groups excluding carboxylic acids is 3. The van der Waals surface area contributed by atoms with Gasteiger partial charge >= 0.3 is 5.97 Å². The summed E-state index contributed by atoms with van der Waals surface area (Å²) in [5.74, 6) is -1.25. The molecule has 8 N–H and O–H groups in total. The second-order valence-electron chi connectivity index (χ2n) is 12.3. The van der Waals surface area contributed by atoms with Crippen LogP contribution in [-0.4, -0.2) is 87.9 Å². The number of hydrogen-bond donors (Lipinski definition) is 7. The predicted molar refractivity (Wildman–Crippen MR) is 172 cm³/mol. The van der Waals surface area contributed by atoms with E-state index in [4.69, 9.17) is 19.9 Å². The van der Waals surface area contributed by atoms with Gasteiger partial charge in [0.1, 0.15) is 29.6 Å². The highest BCUT2D eigenvalue weighted by Gasteiger charge is 2.50. The van der Waals surface area contributed by atoms with Crippen molar-refractivity contribution < 1.29 is 49.0 Å². The summed E-state index contributed by atoms with van der Waals surface area (Å²) in [7, 11) is 0. The second-order valence-corrected chi connectivity index (χ2v) is 12.3. The number of nitrogens with one attached hydrogen (secondary N) is 2. The van der Waals surface area contributed by atoms with Gasteiger partial charge < -0.3 is 51.0 Å². The quantitative estimate of drug-likeness (QED) is 0.238. The molecule has 13 heteroatoms. The van der Waals surface area contributed by atoms with Crippen molar-refractivity contribution in [3.8, 4) is 17.2 Å². The number of hydrogen-bond acceptors (Lipinski definition) is 11. The van der Waals surface area contributed by atoms with E-state index in [-0.39, 0.29) is 31.6 Å². The molecule has 1 fully saturated rings. The molecule has 2 aromatic rings. The molecule has 0 radical (unpaired) electrons. The first kappa shape index (κ1) is 35.9. The third-order valence-electron chi connectivity index (χ3n) is 8.46. The minimum Gasteiger partial charge on any atom is -0.504 e. The number of rotatable bonds is 3. The van der Waals surface area contributed by atoms with E-state index >= 15 is 0 Å². The number of anilines is 1. The van der Waals surface area contributed by atoms with Gasteiger partial charge in [-0.2, -0.15) is 0 Å². The molecule has 5 unspecified atom stereocenters. The summed E-state index contributed by atoms with van der Waals surface area (Å²) in [5, 5.41) is 48.0. The molecule has 5 rings (SSSR count). The van der Waals surface area contributed by atoms with Crippen LogP contribution >= 0.6 is 0 Å². The molecule has 13 nitrogen and oxygen atoms in total. The number of phenolic OH excluding ortho intramolecular Hbond substituents is 1. The Balaban J connectivity index is 1.50. The third kappa shape index (κ3) is 10.5. The number of aromatic hydroxyl groups is 1. The Labute approximate surface area is 274 Å². The van der Waals surface area contributed by atoms with E-state index in [1.165, 1.54) is 6.07 Å². The summed E-state index contributed by atoms with van der Waals surface area (Å²) in [6, 6.07) is 10.6. The Morgan fingerprint density at radius 3 is 2.32 bits per heavy atom. The van der Waals surface area contributed by atoms with Crippen LogP contribution in [0.3, 0.4) is 0 Å². The maximum absolute atomic E-state index is 13.4. The topological polar surface area (TPSA) is 210 Å². The van der Waals surface area contributed by atoms with Crippen LogP contribution < -0.4 is 25.8 Å². The Morgan fingerprint density at radius 2 is 1.60 bits per heavy atom. The highest BCUT2D eigenvalue weighted by atomic mass is 16.6. The minimum absolute atomic E-state index is 0.0132. The SMILES string of the molecule is NCCCC1NC(=O)C2(O)CC(O)C(O)C(C2)OC(=O)CCc2ccc(O)c(c2)OCCCCCCCOc2ccc(cc2)NC1=O. The van der Waals surface area contributed by atoms with Crippen LogP contribution in [0.5, 0.6) is 17.2 Å². The van der Waals surface area contributed by atoms with Crippen molar-refractivity contribution in [1.29, 1.82) is 0 Å². The van der Waals surface area contributed by atoms with Crippen LogP contribution in [0.1, 0.15) is 69.8 Å². The van der Waals surface area contributed by atoms with Crippen LogP contribution in [0, 0.1) is 0 Å². The molecule has 2 amide bonds. The second kappa shape index (κ2) is 17.3. The fourth-order valence-electron chi connectivity index (χ4n) is 5.71. The molecular weight excluding hydrogens is 610 g/mol. The maximum atomic E-state index is 13.4. The van der Waals surface area contributed by atoms with Gasteiger partial charge in [-0.25, -0.2) is 0 Å². The van der Waals surface area contributed by atoms with E-state index in [0.717, 1.165) is 32.1 Å². The number of benzene rings is 2. The number of phenols is 1. The largest absolute Gasteiger partial charge is 0.504 e. The third-order valence-corrected chi connectivity index (χ3v) is 8.46. The highest BCUT2D eigenvalue weighted by molar-refractivity contribution is 5.98. The Kier molecular flexibility index (Phi) is 13.2. The summed E-state index contributed by atoms with van der Waals surface area (Å²) in [6.07, 6.45) is -0.223. The van der Waals surface area contributed by atoms with E-state index in [2.05, 4.69) is 10.6 Å². The molecule has 2 aromatic carbocycles. The van der Waals surface area contributed by atoms with Gasteiger partial charge in [-0.3, -0.25) is 14.4 Å². The molecule has 0 saturated heterocycles. The summed E-state index contributed by atoms with van der Waals surface area (Å²) in [4.78, 5) is 39.4. The van der Waals surface area contributed by atoms with Gasteiger partial charge in [0.2, 0.25) is 5.91 Å². The van der Waals surface area contributed by atoms with E-state index in [1.807, 2.05) is 0 Å². The zero-order valence-corrected chi connectivity index (χ0v) is 26.6. The first-order chi connectivity index (χ1) is 22.6. The van der Waals surface area contributed by atoms with Gasteiger partial charge in [0.15, 0.2) is 11.5 Å². The standard InChI is InChI=1S/C34H47N3O10/c35-16-6-7-25-32(42)36-23-10-12-24(13-11-23)45-17-4-2-1-3-5-18-46-28-19-22(8-14-26(28)38)9-15-30(40)47-29-21-34(44,33(43)37-25)20-27(39)31(29)41/h8,10-14,19,25,27,29,31,38-39,41,44H,1-7,9,15-18,20-21,35H2,(H,36,42)(H,37,43). The summed E-state index contributed by atoms with van der Waals surface area (Å²) < 4.78 is 17.1. The Morgan fingerprint density at radius 1 is 0.894 bits per heavy atom. The van der Waals surface area contributed by atoms with Crippen LogP contribution in [0.4, 0.5) is 5.69 Å². The zero-order chi connectivity index (χ0) is 33.8. The van der Waals surface area contributed by atoms with E-state index < -0.39 is 60.6 Å². The van der Waals surface area contributed by atoms with Crippen LogP contribution in [0.15, 0.2) is 42.5 Å². The number of nitrogens with two attached hydrogens (primary N) is 1. The molecule has 2 aliphatic heterocycles. The van der Waals surface area contributed by atoms with Crippen LogP contribution in [-0.2, 0) is 25.5 Å². The van der Waals surface area contributed by atoms with Crippen molar-refractivity contribution in [3.63, 3.8) is 0 Å². The van der Waals surface area contributed by atoms with Crippen molar-refractivity contribution in [2.45, 2.75) is 101 Å². The van der Waals surface area contributed by atoms with Gasteiger partial charge in [-0.05, 0) is 80.6 Å². The van der Waals surface area contributed by atoms with Gasteiger partial charge in [0.25, 0.3) is 5.91 Å². The average molecular weight is 658 g/mol. The lowest BCUT2D eigenvalue weighted by Crippen LogP contribution is -2.61. The molecule has 2 heterocycles. The molecule has 47 heavy (non-hydrogen) atoms. The summed E-state index contributed by atoms with van der Waals surface area (Å²) >= 11 is 0. The molecule has 0 spiro atoms. The predicted octanol–water partition coefficient (Wildman–Crippen LogP) is 2.07. The van der Waals surface area contributed by atoms with Crippen molar-refractivity contribution >= 4 is 23.5 Å². The number of aryl methyl sites for hydroxylation is 1. The Hall–Kier alpha value is -3.91. The highest BCUT2D eigenvalue weighted by Crippen LogP contribution is 2.32. The van der Waals surface area contributed by atoms with E-state index in [0.29, 0.717) is 42.4 Å². The van der Waals surface area contributed by atoms with Crippen LogP contribution in [0.25, 0.3) is 0 Å². The van der Waals surface area contributed by atoms with Gasteiger partial charge in [-0.15, -0.1) is 0 Å². The molecule has 1 saturated carbocycles. The number of carbonyl (C=O) groups is 3. The minimum atomic E-state index is -2.24. The van der Waals surface area contributed by atoms with Crippen molar-refractivity contribution in [1.82, 2.24) is 5.32 Å². The number of ether oxygens (including phenoxy) is 3. The number of fused-ring (bicyclic) bond motifs is 17. The van der Waals surface area contributed by atoms with Gasteiger partial charge in [-0.1, -0.05) is 25.3 Å². The lowest BCUT2D eigenvalue weighted by Gasteiger charge is -2.41. The van der Waals surface area contributed by atoms with E-state index in [9.17, 15) is 34.8 Å². The molecular formula is C34H47N3O10. The summed E-state index contributed by atoms with van der Waals surface area (Å²) in [6.45, 7) is 1.22. The van der Waals surface area contributed by atoms with Crippen LogP contribution in [0.2, 0.25) is 0 Å². The molecule has 0 aromatic heterocycles. The lowest BCUT2D eigenvalue weighted by molar-refractivity contribution is -0.190. The van der Waals surface area contributed by atoms with Gasteiger partial charge in [0.05, 0.1) is 19.3 Å². The zero-order valence-electron chi connectivity index (χ0n) is 26.6. The normalized spacial score (nSPS) is 27.2. The summed E-state index contributed by atoms with van der Waals surface area (Å²) in [5.41, 5.74) is 4.61. The number of amides is 2. The van der Waals surface area contributed by atoms with Crippen molar-refractivity contribution in [3.05, 3.63) is 48.0 Å². The Bertz CT molecular complexity index is 1340. The maximum Gasteiger partial charge on any atom is 0.306 e. The number of aliphatic hydroxyl groups excluding tert-OH is 2. The fourth-order valence-corrected chi connectivity index (χ4v) is 5.71. The first-order valence-electron chi connectivity index (χ1n) is 16.4. The average Bonchev–Trinajstić information content (AvgIpc) is 3.04. The number of esters is 1. The lowest BCUT2D eigenvalue weighted by atomic mass is 9.78. The first-order valence-corrected chi connectivity index (χ1v) is 16.4. The van der Waals surface area contributed by atoms with Crippen molar-refractivity contribution in [2.24, 2.45) is 5.73 Å². The van der Waals surface area contributed by atoms with E-state index in [1.54, 1.807) is 36.4 Å². The fraction of sp³-hybridized carbons (Fsp3) is 0.559. The molecule has 258 valence electrons. The molecule has 6 bridgehead atoms. The molecule has 5 atom stereocenters. The smallest absolute Gasteiger partial charge is 0.306 e.